The molecule has 208 valence electrons. The van der Waals surface area contributed by atoms with E-state index in [9.17, 15) is 21.6 Å². The van der Waals surface area contributed by atoms with Gasteiger partial charge in [-0.15, -0.1) is 8.42 Å². The van der Waals surface area contributed by atoms with Gasteiger partial charge in [0.2, 0.25) is 0 Å². The first kappa shape index (κ1) is 29.9. The predicted octanol–water partition coefficient (Wildman–Crippen LogP) is 8.49. The SMILES string of the molecule is Cc1ccccc1S([OH+]S(=O)(=O)C(F)(F)F)(c1ccc(OC(C)(C)C)cc1)c1ccc(OC(C)(C)C)cc1. The molecular formula is C28H34F3O5S2+. The second-order valence-electron chi connectivity index (χ2n) is 10.7. The molecule has 0 saturated carbocycles. The summed E-state index contributed by atoms with van der Waals surface area (Å²) in [6.45, 7) is 13.0. The monoisotopic (exact) mass is 571 g/mol. The maximum Gasteiger partial charge on any atom is 0.572 e. The fourth-order valence-electron chi connectivity index (χ4n) is 3.71. The van der Waals surface area contributed by atoms with E-state index in [0.717, 1.165) is 0 Å². The molecule has 0 aliphatic carbocycles. The van der Waals surface area contributed by atoms with Gasteiger partial charge in [0.05, 0.1) is 25.0 Å². The summed E-state index contributed by atoms with van der Waals surface area (Å²) in [5, 5.41) is 0. The minimum absolute atomic E-state index is 0.311. The normalized spacial score (nSPS) is 13.7. The van der Waals surface area contributed by atoms with Crippen LogP contribution in [0.3, 0.4) is 0 Å². The number of hydrogen-bond acceptors (Lipinski definition) is 4. The molecule has 0 saturated heterocycles. The van der Waals surface area contributed by atoms with Crippen molar-refractivity contribution in [3.05, 3.63) is 78.4 Å². The van der Waals surface area contributed by atoms with Gasteiger partial charge in [0.15, 0.2) is 0 Å². The molecule has 5 nitrogen and oxygen atoms in total. The van der Waals surface area contributed by atoms with Gasteiger partial charge in [0.1, 0.15) is 22.7 Å². The van der Waals surface area contributed by atoms with Gasteiger partial charge in [-0.25, -0.2) is 0 Å². The first-order valence-corrected chi connectivity index (χ1v) is 14.9. The standard InChI is InChI=1S/C28H33F3O5S2/c1-20-10-8-9-11-25(20)37(36-38(32,33)28(29,30)31,23-16-12-21(13-17-23)34-26(2,3)4)24-18-14-22(15-19-24)35-27(5,6)7/h8-19H,1-7H3/p+1. The molecule has 0 aromatic heterocycles. The molecule has 0 fully saturated rings. The van der Waals surface area contributed by atoms with Gasteiger partial charge in [-0.3, -0.25) is 3.63 Å². The summed E-state index contributed by atoms with van der Waals surface area (Å²) in [4.78, 5) is 0.998. The van der Waals surface area contributed by atoms with Crippen molar-refractivity contribution in [2.24, 2.45) is 0 Å². The number of rotatable bonds is 7. The van der Waals surface area contributed by atoms with Gasteiger partial charge in [-0.1, -0.05) is 18.2 Å². The summed E-state index contributed by atoms with van der Waals surface area (Å²) < 4.78 is 82.3. The predicted molar refractivity (Wildman–Crippen MR) is 145 cm³/mol. The highest BCUT2D eigenvalue weighted by Crippen LogP contribution is 2.69. The van der Waals surface area contributed by atoms with Gasteiger partial charge < -0.3 is 9.47 Å². The summed E-state index contributed by atoms with van der Waals surface area (Å²) in [7, 11) is -9.21. The van der Waals surface area contributed by atoms with Crippen LogP contribution in [0.5, 0.6) is 11.5 Å². The van der Waals surface area contributed by atoms with Gasteiger partial charge in [0.25, 0.3) is 0 Å². The first-order valence-electron chi connectivity index (χ1n) is 11.9. The van der Waals surface area contributed by atoms with Crippen LogP contribution in [0.15, 0.2) is 87.5 Å². The van der Waals surface area contributed by atoms with Crippen molar-refractivity contribution in [2.75, 3.05) is 0 Å². The molecule has 0 bridgehead atoms. The van der Waals surface area contributed by atoms with E-state index in [2.05, 4.69) is 3.63 Å². The lowest BCUT2D eigenvalue weighted by Crippen LogP contribution is -2.30. The van der Waals surface area contributed by atoms with Crippen molar-refractivity contribution in [2.45, 2.75) is 79.9 Å². The van der Waals surface area contributed by atoms with Crippen LogP contribution in [0, 0.1) is 6.92 Å². The van der Waals surface area contributed by atoms with Gasteiger partial charge in [0, 0.05) is 0 Å². The minimum atomic E-state index is -5.89. The van der Waals surface area contributed by atoms with Crippen molar-refractivity contribution in [1.29, 1.82) is 0 Å². The van der Waals surface area contributed by atoms with Crippen molar-refractivity contribution in [1.82, 2.24) is 0 Å². The van der Waals surface area contributed by atoms with Crippen molar-refractivity contribution >= 4 is 20.4 Å². The molecule has 0 aliphatic rings. The number of alkyl halides is 3. The maximum atomic E-state index is 13.8. The molecule has 0 aliphatic heterocycles. The Morgan fingerprint density at radius 2 is 1.05 bits per heavy atom. The zero-order valence-corrected chi connectivity index (χ0v) is 24.1. The number of halogens is 3. The molecule has 10 heteroatoms. The highest BCUT2D eigenvalue weighted by atomic mass is 32.3. The Balaban J connectivity index is 2.34. The van der Waals surface area contributed by atoms with Gasteiger partial charge >= 0.3 is 15.6 Å². The van der Waals surface area contributed by atoms with Crippen molar-refractivity contribution in [3.8, 4) is 11.5 Å². The first-order chi connectivity index (χ1) is 17.3. The minimum Gasteiger partial charge on any atom is -0.488 e. The topological polar surface area (TPSA) is 65.4 Å². The van der Waals surface area contributed by atoms with Crippen molar-refractivity contribution in [3.63, 3.8) is 0 Å². The third-order valence-corrected chi connectivity index (χ3v) is 10.4. The summed E-state index contributed by atoms with van der Waals surface area (Å²) >= 11 is 0. The third-order valence-electron chi connectivity index (χ3n) is 5.09. The van der Waals surface area contributed by atoms with Crippen LogP contribution in [0.4, 0.5) is 13.2 Å². The lowest BCUT2D eigenvalue weighted by Gasteiger charge is -2.36. The van der Waals surface area contributed by atoms with Crippen molar-refractivity contribution < 1.29 is 34.7 Å². The molecule has 38 heavy (non-hydrogen) atoms. The fraction of sp³-hybridized carbons (Fsp3) is 0.357. The summed E-state index contributed by atoms with van der Waals surface area (Å²) in [6, 6.07) is 19.5. The van der Waals surface area contributed by atoms with Gasteiger partial charge in [-0.05, 0) is 109 Å². The lowest BCUT2D eigenvalue weighted by molar-refractivity contribution is -0.0540. The Hall–Kier alpha value is -2.69. The largest absolute Gasteiger partial charge is 0.572 e. The van der Waals surface area contributed by atoms with Crippen LogP contribution in [0.2, 0.25) is 0 Å². The Kier molecular flexibility index (Phi) is 8.22. The summed E-state index contributed by atoms with van der Waals surface area (Å²) in [6.07, 6.45) is 0. The molecule has 3 rings (SSSR count). The Labute approximate surface area is 224 Å². The van der Waals surface area contributed by atoms with E-state index in [1.54, 1.807) is 79.7 Å². The molecule has 0 radical (unpaired) electrons. The van der Waals surface area contributed by atoms with E-state index in [1.807, 2.05) is 41.5 Å². The maximum absolute atomic E-state index is 13.8. The number of aryl methyl sites for hydroxylation is 1. The van der Waals surface area contributed by atoms with Crippen LogP contribution in [-0.4, -0.2) is 28.8 Å². The van der Waals surface area contributed by atoms with Crippen LogP contribution in [0.25, 0.3) is 0 Å². The molecule has 3 aromatic carbocycles. The van der Waals surface area contributed by atoms with E-state index < -0.39 is 37.1 Å². The number of ether oxygens (including phenoxy) is 2. The van der Waals surface area contributed by atoms with Gasteiger partial charge in [-0.2, -0.15) is 13.2 Å². The van der Waals surface area contributed by atoms with E-state index in [4.69, 9.17) is 9.47 Å². The zero-order chi connectivity index (χ0) is 28.6. The average Bonchev–Trinajstić information content (AvgIpc) is 2.76. The smallest absolute Gasteiger partial charge is 0.488 e. The second kappa shape index (κ2) is 10.5. The third kappa shape index (κ3) is 6.84. The number of hydrogen-bond donors (Lipinski definition) is 0. The molecule has 0 atom stereocenters. The fourth-order valence-corrected chi connectivity index (χ4v) is 8.88. The molecule has 1 N–H and O–H groups in total. The summed E-state index contributed by atoms with van der Waals surface area (Å²) in [5.41, 5.74) is -5.98. The molecular weight excluding hydrogens is 537 g/mol. The molecule has 0 spiro atoms. The van der Waals surface area contributed by atoms with E-state index in [-0.39, 0.29) is 0 Å². The van der Waals surface area contributed by atoms with E-state index in [0.29, 0.717) is 31.7 Å². The van der Waals surface area contributed by atoms with Crippen LogP contribution in [0.1, 0.15) is 47.1 Å². The molecule has 0 amide bonds. The zero-order valence-electron chi connectivity index (χ0n) is 22.5. The highest BCUT2D eigenvalue weighted by Gasteiger charge is 2.58. The Morgan fingerprint density at radius 1 is 0.658 bits per heavy atom. The number of benzene rings is 3. The Bertz CT molecular complexity index is 1290. The summed E-state index contributed by atoms with van der Waals surface area (Å²) in [5.74, 6) is 0.985. The molecule has 0 unspecified atom stereocenters. The highest BCUT2D eigenvalue weighted by molar-refractivity contribution is 8.32. The van der Waals surface area contributed by atoms with Crippen LogP contribution >= 0.6 is 10.3 Å². The van der Waals surface area contributed by atoms with E-state index in [1.165, 1.54) is 0 Å². The van der Waals surface area contributed by atoms with Crippen LogP contribution in [-0.2, 0) is 10.1 Å². The molecule has 0 heterocycles. The molecule has 3 aromatic rings. The quantitative estimate of drug-likeness (QED) is 0.162. The van der Waals surface area contributed by atoms with Crippen LogP contribution < -0.4 is 9.47 Å². The lowest BCUT2D eigenvalue weighted by atomic mass is 10.2. The van der Waals surface area contributed by atoms with E-state index >= 15 is 0 Å². The Morgan fingerprint density at radius 3 is 1.39 bits per heavy atom. The second-order valence-corrected chi connectivity index (χ2v) is 15.3. The average molecular weight is 572 g/mol.